The Labute approximate surface area is 200 Å². The molecule has 0 N–H and O–H groups in total. The average Bonchev–Trinajstić information content (AvgIpc) is 3.40. The molecule has 2 aliphatic rings. The number of rotatable bonds is 5. The minimum absolute atomic E-state index is 0.0139. The molecule has 0 unspecified atom stereocenters. The number of aryl methyl sites for hydroxylation is 1. The summed E-state index contributed by atoms with van der Waals surface area (Å²) in [6, 6.07) is 12.8. The number of aromatic nitrogens is 2. The summed E-state index contributed by atoms with van der Waals surface area (Å²) < 4.78 is 13.6. The smallest absolute Gasteiger partial charge is 0.269 e. The van der Waals surface area contributed by atoms with Gasteiger partial charge in [-0.25, -0.2) is 0 Å². The van der Waals surface area contributed by atoms with E-state index < -0.39 is 0 Å². The number of amides is 1. The van der Waals surface area contributed by atoms with Crippen LogP contribution in [-0.2, 0) is 9.53 Å². The molecule has 2 saturated heterocycles. The first kappa shape index (κ1) is 21.8. The molecule has 0 saturated carbocycles. The van der Waals surface area contributed by atoms with Gasteiger partial charge in [-0.2, -0.15) is 4.98 Å². The van der Waals surface area contributed by atoms with Crippen LogP contribution in [0.4, 0.5) is 0 Å². The first-order valence-electron chi connectivity index (χ1n) is 10.6. The Hall–Kier alpha value is -3.01. The van der Waals surface area contributed by atoms with E-state index in [-0.39, 0.29) is 29.0 Å². The van der Waals surface area contributed by atoms with Crippen molar-refractivity contribution in [3.8, 4) is 11.6 Å². The number of ether oxygens (including phenoxy) is 2. The third-order valence-electron chi connectivity index (χ3n) is 5.50. The van der Waals surface area contributed by atoms with E-state index in [2.05, 4.69) is 4.98 Å². The summed E-state index contributed by atoms with van der Waals surface area (Å²) >= 11 is 6.62. The van der Waals surface area contributed by atoms with Gasteiger partial charge in [0.1, 0.15) is 21.3 Å². The van der Waals surface area contributed by atoms with Gasteiger partial charge in [0.15, 0.2) is 0 Å². The summed E-state index contributed by atoms with van der Waals surface area (Å²) in [5, 5.41) is 0. The van der Waals surface area contributed by atoms with Gasteiger partial charge in [0.25, 0.3) is 11.5 Å². The molecule has 2 fully saturated rings. The minimum Gasteiger partial charge on any atom is -0.438 e. The maximum atomic E-state index is 13.4. The zero-order valence-corrected chi connectivity index (χ0v) is 19.5. The van der Waals surface area contributed by atoms with Gasteiger partial charge in [-0.1, -0.05) is 42.2 Å². The summed E-state index contributed by atoms with van der Waals surface area (Å²) in [7, 11) is 0. The van der Waals surface area contributed by atoms with Crippen molar-refractivity contribution >= 4 is 45.9 Å². The number of fused-ring (bicyclic) bond motifs is 1. The van der Waals surface area contributed by atoms with Gasteiger partial charge in [-0.3, -0.25) is 18.9 Å². The average molecular weight is 480 g/mol. The van der Waals surface area contributed by atoms with E-state index in [0.717, 1.165) is 18.4 Å². The minimum atomic E-state index is -0.326. The molecule has 2 aliphatic heterocycles. The summed E-state index contributed by atoms with van der Waals surface area (Å²) in [5.74, 6) is 0.462. The molecule has 168 valence electrons. The van der Waals surface area contributed by atoms with Crippen LogP contribution >= 0.6 is 24.0 Å². The molecule has 9 heteroatoms. The van der Waals surface area contributed by atoms with Gasteiger partial charge in [0.05, 0.1) is 17.6 Å². The lowest BCUT2D eigenvalue weighted by Crippen LogP contribution is -2.35. The first-order valence-corrected chi connectivity index (χ1v) is 11.8. The second-order valence-corrected chi connectivity index (χ2v) is 9.59. The van der Waals surface area contributed by atoms with Gasteiger partial charge in [0, 0.05) is 12.8 Å². The number of carbonyl (C=O) groups is 1. The molecular weight excluding hydrogens is 458 g/mol. The zero-order valence-electron chi connectivity index (χ0n) is 17.9. The van der Waals surface area contributed by atoms with E-state index >= 15 is 0 Å². The van der Waals surface area contributed by atoms with Crippen molar-refractivity contribution in [2.24, 2.45) is 0 Å². The topological polar surface area (TPSA) is 73.1 Å². The summed E-state index contributed by atoms with van der Waals surface area (Å²) in [6.45, 7) is 3.08. The van der Waals surface area contributed by atoms with Crippen LogP contribution < -0.4 is 10.3 Å². The molecule has 0 spiro atoms. The Kier molecular flexibility index (Phi) is 6.01. The fraction of sp³-hybridized carbons (Fsp3) is 0.250. The Morgan fingerprint density at radius 2 is 2.15 bits per heavy atom. The molecule has 7 nitrogen and oxygen atoms in total. The Balaban J connectivity index is 1.55. The molecule has 4 heterocycles. The van der Waals surface area contributed by atoms with E-state index in [1.54, 1.807) is 35.4 Å². The monoisotopic (exact) mass is 479 g/mol. The van der Waals surface area contributed by atoms with Gasteiger partial charge in [-0.05, 0) is 55.7 Å². The molecule has 1 atom stereocenters. The molecule has 33 heavy (non-hydrogen) atoms. The van der Waals surface area contributed by atoms with Gasteiger partial charge in [0.2, 0.25) is 5.88 Å². The highest BCUT2D eigenvalue weighted by Gasteiger charge is 2.35. The molecule has 0 aliphatic carbocycles. The highest BCUT2D eigenvalue weighted by atomic mass is 32.2. The van der Waals surface area contributed by atoms with E-state index in [1.165, 1.54) is 22.2 Å². The number of thiocarbonyl (C=S) groups is 1. The van der Waals surface area contributed by atoms with Crippen LogP contribution in [-0.4, -0.2) is 43.8 Å². The van der Waals surface area contributed by atoms with Crippen LogP contribution in [0.2, 0.25) is 0 Å². The maximum absolute atomic E-state index is 13.4. The van der Waals surface area contributed by atoms with Crippen LogP contribution in [0.15, 0.2) is 58.4 Å². The first-order chi connectivity index (χ1) is 16.0. The number of thioether (sulfide) groups is 1. The second-order valence-electron chi connectivity index (χ2n) is 7.91. The number of nitrogens with zero attached hydrogens (tertiary/aromatic N) is 3. The lowest BCUT2D eigenvalue weighted by atomic mass is 10.2. The van der Waals surface area contributed by atoms with Gasteiger partial charge in [-0.15, -0.1) is 0 Å². The number of benzene rings is 1. The number of carbonyl (C=O) groups excluding carboxylic acids is 1. The lowest BCUT2D eigenvalue weighted by molar-refractivity contribution is -0.123. The third-order valence-corrected chi connectivity index (χ3v) is 6.88. The Morgan fingerprint density at radius 1 is 1.27 bits per heavy atom. The van der Waals surface area contributed by atoms with E-state index in [4.69, 9.17) is 21.7 Å². The lowest BCUT2D eigenvalue weighted by Gasteiger charge is -2.18. The van der Waals surface area contributed by atoms with E-state index in [0.29, 0.717) is 33.8 Å². The van der Waals surface area contributed by atoms with Crippen molar-refractivity contribution in [2.75, 3.05) is 13.2 Å². The van der Waals surface area contributed by atoms with Gasteiger partial charge < -0.3 is 9.47 Å². The van der Waals surface area contributed by atoms with E-state index in [1.807, 2.05) is 25.1 Å². The van der Waals surface area contributed by atoms with Gasteiger partial charge >= 0.3 is 0 Å². The molecule has 5 rings (SSSR count). The predicted octanol–water partition coefficient (Wildman–Crippen LogP) is 4.18. The van der Waals surface area contributed by atoms with Crippen LogP contribution in [0.5, 0.6) is 11.6 Å². The molecule has 3 aromatic rings. The van der Waals surface area contributed by atoms with E-state index in [9.17, 15) is 9.59 Å². The summed E-state index contributed by atoms with van der Waals surface area (Å²) in [4.78, 5) is 32.9. The highest BCUT2D eigenvalue weighted by Crippen LogP contribution is 2.35. The van der Waals surface area contributed by atoms with Crippen LogP contribution in [0, 0.1) is 6.92 Å². The van der Waals surface area contributed by atoms with Crippen molar-refractivity contribution in [1.82, 2.24) is 14.3 Å². The fourth-order valence-corrected chi connectivity index (χ4v) is 5.11. The summed E-state index contributed by atoms with van der Waals surface area (Å²) in [5.41, 5.74) is 1.33. The quantitative estimate of drug-likeness (QED) is 0.402. The van der Waals surface area contributed by atoms with Crippen LogP contribution in [0.3, 0.4) is 0 Å². The normalized spacial score (nSPS) is 19.7. The van der Waals surface area contributed by atoms with Crippen LogP contribution in [0.25, 0.3) is 11.7 Å². The number of hydrogen-bond acceptors (Lipinski definition) is 7. The second kappa shape index (κ2) is 9.09. The molecular formula is C24H21N3O4S2. The standard InChI is InChI=1S/C24H21N3O4S2/c1-15-6-4-7-16(12-15)31-21-18(22(28)26-10-3-2-9-20(26)25-21)13-19-23(29)27(24(32)33-19)14-17-8-5-11-30-17/h2-4,6-7,9-10,12-13,17H,5,8,11,14H2,1H3/b19-13-/t17-/m1/s1. The third kappa shape index (κ3) is 4.44. The number of hydrogen-bond donors (Lipinski definition) is 0. The SMILES string of the molecule is Cc1cccc(Oc2nc3ccccn3c(=O)c2/C=C2\SC(=S)N(C[C@H]3CCCO3)C2=O)c1. The van der Waals surface area contributed by atoms with Crippen molar-refractivity contribution < 1.29 is 14.3 Å². The molecule has 2 aromatic heterocycles. The fourth-order valence-electron chi connectivity index (χ4n) is 3.85. The van der Waals surface area contributed by atoms with Crippen molar-refractivity contribution in [3.05, 3.63) is 75.0 Å². The van der Waals surface area contributed by atoms with Crippen molar-refractivity contribution in [1.29, 1.82) is 0 Å². The molecule has 0 bridgehead atoms. The molecule has 1 aromatic carbocycles. The zero-order chi connectivity index (χ0) is 22.9. The highest BCUT2D eigenvalue weighted by molar-refractivity contribution is 8.26. The van der Waals surface area contributed by atoms with Crippen molar-refractivity contribution in [3.63, 3.8) is 0 Å². The predicted molar refractivity (Wildman–Crippen MR) is 132 cm³/mol. The van der Waals surface area contributed by atoms with Crippen molar-refractivity contribution in [2.45, 2.75) is 25.9 Å². The number of pyridine rings is 1. The molecule has 0 radical (unpaired) electrons. The van der Waals surface area contributed by atoms with Crippen LogP contribution in [0.1, 0.15) is 24.0 Å². The Morgan fingerprint density at radius 3 is 2.94 bits per heavy atom. The maximum Gasteiger partial charge on any atom is 0.269 e. The Bertz CT molecular complexity index is 1350. The largest absolute Gasteiger partial charge is 0.438 e. The molecule has 1 amide bonds. The summed E-state index contributed by atoms with van der Waals surface area (Å²) in [6.07, 6.45) is 5.05.